The fourth-order valence-electron chi connectivity index (χ4n) is 3.32. The molecule has 2 heterocycles. The van der Waals surface area contributed by atoms with Crippen LogP contribution in [0.2, 0.25) is 0 Å². The monoisotopic (exact) mass is 561 g/mol. The number of hydrogen-bond donors (Lipinski definition) is 2. The number of benzene rings is 1. The van der Waals surface area contributed by atoms with E-state index < -0.39 is 10.0 Å². The van der Waals surface area contributed by atoms with Crippen LogP contribution >= 0.6 is 24.0 Å². The lowest BCUT2D eigenvalue weighted by atomic mass is 10.2. The van der Waals surface area contributed by atoms with Crippen LogP contribution in [0.1, 0.15) is 18.2 Å². The minimum atomic E-state index is -3.54. The molecule has 0 saturated carbocycles. The first-order chi connectivity index (χ1) is 14.5. The summed E-state index contributed by atoms with van der Waals surface area (Å²) in [6.07, 6.45) is 2.40. The molecule has 2 aromatic rings. The molecule has 1 saturated heterocycles. The SMILES string of the molecule is CCNC(=NCc1ccccc1S(=O)(=O)N1CCN(C)CC1)NCCc1ccco1.I. The maximum Gasteiger partial charge on any atom is 0.243 e. The largest absolute Gasteiger partial charge is 0.469 e. The zero-order valence-corrected chi connectivity index (χ0v) is 21.2. The van der Waals surface area contributed by atoms with E-state index in [0.29, 0.717) is 42.6 Å². The van der Waals surface area contributed by atoms with Crippen molar-refractivity contribution in [3.05, 3.63) is 54.0 Å². The Balaban J connectivity index is 0.00000341. The number of aliphatic imine (C=N–C) groups is 1. The first-order valence-corrected chi connectivity index (χ1v) is 11.8. The lowest BCUT2D eigenvalue weighted by Gasteiger charge is -2.32. The summed E-state index contributed by atoms with van der Waals surface area (Å²) in [7, 11) is -1.53. The molecule has 0 bridgehead atoms. The quantitative estimate of drug-likeness (QED) is 0.292. The van der Waals surface area contributed by atoms with E-state index in [-0.39, 0.29) is 30.5 Å². The maximum atomic E-state index is 13.2. The smallest absolute Gasteiger partial charge is 0.243 e. The number of furan rings is 1. The van der Waals surface area contributed by atoms with Gasteiger partial charge in [-0.3, -0.25) is 0 Å². The van der Waals surface area contributed by atoms with Crippen LogP contribution in [-0.4, -0.2) is 69.9 Å². The summed E-state index contributed by atoms with van der Waals surface area (Å²) in [4.78, 5) is 7.08. The van der Waals surface area contributed by atoms with Gasteiger partial charge in [0.05, 0.1) is 17.7 Å². The predicted molar refractivity (Wildman–Crippen MR) is 133 cm³/mol. The van der Waals surface area contributed by atoms with Gasteiger partial charge in [-0.05, 0) is 37.7 Å². The van der Waals surface area contributed by atoms with Crippen LogP contribution in [0.5, 0.6) is 0 Å². The summed E-state index contributed by atoms with van der Waals surface area (Å²) in [5, 5.41) is 6.47. The highest BCUT2D eigenvalue weighted by Crippen LogP contribution is 2.22. The van der Waals surface area contributed by atoms with Crippen molar-refractivity contribution in [1.29, 1.82) is 0 Å². The van der Waals surface area contributed by atoms with Gasteiger partial charge in [-0.1, -0.05) is 18.2 Å². The van der Waals surface area contributed by atoms with E-state index in [1.165, 1.54) is 0 Å². The maximum absolute atomic E-state index is 13.2. The summed E-state index contributed by atoms with van der Waals surface area (Å²) in [6, 6.07) is 10.9. The van der Waals surface area contributed by atoms with Crippen molar-refractivity contribution < 1.29 is 12.8 Å². The number of guanidine groups is 1. The van der Waals surface area contributed by atoms with Crippen LogP contribution in [-0.2, 0) is 23.0 Å². The normalized spacial score (nSPS) is 16.0. The summed E-state index contributed by atoms with van der Waals surface area (Å²) < 4.78 is 33.3. The van der Waals surface area contributed by atoms with Crippen LogP contribution < -0.4 is 10.6 Å². The minimum absolute atomic E-state index is 0. The second-order valence-corrected chi connectivity index (χ2v) is 9.17. The van der Waals surface area contributed by atoms with Gasteiger partial charge in [0.25, 0.3) is 0 Å². The van der Waals surface area contributed by atoms with Crippen LogP contribution in [0.4, 0.5) is 0 Å². The highest BCUT2D eigenvalue weighted by Gasteiger charge is 2.29. The molecular formula is C21H32IN5O3S. The van der Waals surface area contributed by atoms with Crippen molar-refractivity contribution >= 4 is 40.0 Å². The van der Waals surface area contributed by atoms with Gasteiger partial charge in [-0.2, -0.15) is 4.31 Å². The summed E-state index contributed by atoms with van der Waals surface area (Å²) in [6.45, 7) is 6.15. The van der Waals surface area contributed by atoms with Gasteiger partial charge in [-0.15, -0.1) is 24.0 Å². The standard InChI is InChI=1S/C21H31N5O3S.HI/c1-3-22-21(23-11-10-19-8-6-16-29-19)24-17-18-7-4-5-9-20(18)30(27,28)26-14-12-25(2)13-15-26;/h4-9,16H,3,10-15,17H2,1-2H3,(H2,22,23,24);1H. The third-order valence-electron chi connectivity index (χ3n) is 5.05. The molecule has 1 aliphatic heterocycles. The molecule has 1 aliphatic rings. The van der Waals surface area contributed by atoms with Crippen LogP contribution in [0.25, 0.3) is 0 Å². The summed E-state index contributed by atoms with van der Waals surface area (Å²) in [5.41, 5.74) is 0.694. The average molecular weight is 561 g/mol. The molecule has 0 atom stereocenters. The fraction of sp³-hybridized carbons (Fsp3) is 0.476. The molecule has 31 heavy (non-hydrogen) atoms. The molecule has 10 heteroatoms. The topological polar surface area (TPSA) is 90.2 Å². The number of halogens is 1. The Kier molecular flexibility index (Phi) is 10.3. The Bertz CT molecular complexity index is 926. The van der Waals surface area contributed by atoms with E-state index >= 15 is 0 Å². The van der Waals surface area contributed by atoms with E-state index in [0.717, 1.165) is 25.3 Å². The molecule has 8 nitrogen and oxygen atoms in total. The third-order valence-corrected chi connectivity index (χ3v) is 7.05. The van der Waals surface area contributed by atoms with E-state index in [1.54, 1.807) is 22.7 Å². The fourth-order valence-corrected chi connectivity index (χ4v) is 4.96. The molecule has 1 aromatic heterocycles. The molecule has 0 amide bonds. The van der Waals surface area contributed by atoms with Gasteiger partial charge in [0.15, 0.2) is 5.96 Å². The molecule has 3 rings (SSSR count). The molecule has 1 aromatic carbocycles. The first kappa shape index (κ1) is 25.6. The van der Waals surface area contributed by atoms with Crippen molar-refractivity contribution in [1.82, 2.24) is 19.8 Å². The molecule has 0 spiro atoms. The van der Waals surface area contributed by atoms with Crippen LogP contribution in [0.15, 0.2) is 57.0 Å². The predicted octanol–water partition coefficient (Wildman–Crippen LogP) is 2.13. The van der Waals surface area contributed by atoms with Crippen molar-refractivity contribution in [2.75, 3.05) is 46.3 Å². The number of hydrogen-bond acceptors (Lipinski definition) is 5. The van der Waals surface area contributed by atoms with E-state index in [1.807, 2.05) is 38.2 Å². The second kappa shape index (κ2) is 12.4. The number of nitrogens with zero attached hydrogens (tertiary/aromatic N) is 3. The van der Waals surface area contributed by atoms with E-state index in [4.69, 9.17) is 4.42 Å². The molecular weight excluding hydrogens is 529 g/mol. The zero-order valence-electron chi connectivity index (χ0n) is 18.1. The highest BCUT2D eigenvalue weighted by atomic mass is 127. The van der Waals surface area contributed by atoms with Gasteiger partial charge in [0.2, 0.25) is 10.0 Å². The van der Waals surface area contributed by atoms with Crippen molar-refractivity contribution in [3.63, 3.8) is 0 Å². The lowest BCUT2D eigenvalue weighted by Crippen LogP contribution is -2.47. The molecule has 0 radical (unpaired) electrons. The Hall–Kier alpha value is -1.63. The van der Waals surface area contributed by atoms with Gasteiger partial charge in [-0.25, -0.2) is 13.4 Å². The number of rotatable bonds is 8. The molecule has 172 valence electrons. The van der Waals surface area contributed by atoms with Crippen LogP contribution in [0, 0.1) is 0 Å². The summed E-state index contributed by atoms with van der Waals surface area (Å²) >= 11 is 0. The number of sulfonamides is 1. The first-order valence-electron chi connectivity index (χ1n) is 10.3. The van der Waals surface area contributed by atoms with Crippen molar-refractivity contribution in [2.45, 2.75) is 24.8 Å². The summed E-state index contributed by atoms with van der Waals surface area (Å²) in [5.74, 6) is 1.55. The number of piperazine rings is 1. The Morgan fingerprint density at radius 1 is 1.10 bits per heavy atom. The zero-order chi connectivity index (χ0) is 21.4. The Morgan fingerprint density at radius 3 is 2.52 bits per heavy atom. The number of likely N-dealkylation sites (N-methyl/N-ethyl adjacent to an activating group) is 1. The minimum Gasteiger partial charge on any atom is -0.469 e. The molecule has 2 N–H and O–H groups in total. The Morgan fingerprint density at radius 2 is 1.84 bits per heavy atom. The molecule has 1 fully saturated rings. The van der Waals surface area contributed by atoms with Crippen LogP contribution in [0.3, 0.4) is 0 Å². The van der Waals surface area contributed by atoms with Gasteiger partial charge in [0.1, 0.15) is 5.76 Å². The van der Waals surface area contributed by atoms with Gasteiger partial charge in [0, 0.05) is 45.7 Å². The Labute approximate surface area is 202 Å². The lowest BCUT2D eigenvalue weighted by molar-refractivity contribution is 0.222. The van der Waals surface area contributed by atoms with Crippen molar-refractivity contribution in [2.24, 2.45) is 4.99 Å². The third kappa shape index (κ3) is 7.19. The van der Waals surface area contributed by atoms with E-state index in [2.05, 4.69) is 20.5 Å². The second-order valence-electron chi connectivity index (χ2n) is 7.27. The van der Waals surface area contributed by atoms with Gasteiger partial charge < -0.3 is 20.0 Å². The number of nitrogens with one attached hydrogen (secondary N) is 2. The van der Waals surface area contributed by atoms with Gasteiger partial charge >= 0.3 is 0 Å². The molecule has 0 aliphatic carbocycles. The highest BCUT2D eigenvalue weighted by molar-refractivity contribution is 14.0. The van der Waals surface area contributed by atoms with E-state index in [9.17, 15) is 8.42 Å². The van der Waals surface area contributed by atoms with Crippen molar-refractivity contribution in [3.8, 4) is 0 Å². The molecule has 0 unspecified atom stereocenters. The average Bonchev–Trinajstić information content (AvgIpc) is 3.26.